The highest BCUT2D eigenvalue weighted by molar-refractivity contribution is 7.03. The molecule has 0 saturated heterocycles. The molecule has 3 rings (SSSR count). The molecule has 0 saturated carbocycles. The minimum absolute atomic E-state index is 0.0591. The van der Waals surface area contributed by atoms with Crippen LogP contribution in [0, 0.1) is 6.92 Å². The second-order valence-electron chi connectivity index (χ2n) is 5.61. The average molecular weight is 344 g/mol. The first-order chi connectivity index (χ1) is 11.6. The number of carbonyl (C=O) groups excluding carboxylic acids is 1. The molecule has 0 aliphatic carbocycles. The molecule has 1 aromatic heterocycles. The van der Waals surface area contributed by atoms with E-state index >= 15 is 0 Å². The van der Waals surface area contributed by atoms with Gasteiger partial charge < -0.3 is 14.4 Å². The van der Waals surface area contributed by atoms with Gasteiger partial charge in [0.15, 0.2) is 11.5 Å². The topological polar surface area (TPSA) is 51.7 Å². The minimum Gasteiger partial charge on any atom is -0.493 e. The molecule has 24 heavy (non-hydrogen) atoms. The van der Waals surface area contributed by atoms with Crippen LogP contribution in [-0.4, -0.2) is 42.5 Å². The van der Waals surface area contributed by atoms with Gasteiger partial charge >= 0.3 is 0 Å². The Hall–Kier alpha value is -2.34. The molecule has 1 amide bonds. The van der Waals surface area contributed by atoms with Gasteiger partial charge in [-0.1, -0.05) is 12.1 Å². The van der Waals surface area contributed by atoms with Crippen molar-refractivity contribution in [2.75, 3.05) is 27.3 Å². The van der Waals surface area contributed by atoms with Crippen LogP contribution >= 0.6 is 11.5 Å². The average Bonchev–Trinajstić information content (AvgIpc) is 3.06. The van der Waals surface area contributed by atoms with E-state index in [1.165, 1.54) is 17.1 Å². The summed E-state index contributed by atoms with van der Waals surface area (Å²) in [5, 5.41) is 1.82. The smallest absolute Gasteiger partial charge is 0.256 e. The molecule has 0 unspecified atom stereocenters. The van der Waals surface area contributed by atoms with Gasteiger partial charge in [0.2, 0.25) is 0 Å². The quantitative estimate of drug-likeness (QED) is 0.853. The summed E-state index contributed by atoms with van der Waals surface area (Å²) in [6.45, 7) is 3.19. The molecule has 0 atom stereocenters. The van der Waals surface area contributed by atoms with E-state index < -0.39 is 0 Å². The van der Waals surface area contributed by atoms with E-state index in [-0.39, 0.29) is 5.91 Å². The fourth-order valence-corrected chi connectivity index (χ4v) is 3.51. The standard InChI is InChI=1S/C18H20N2O3S/c1-12-15(11-24-19-12)18(21)20-8-6-13(7-9-20)14-4-5-16(22-2)17(10-14)23-3/h4-6,10-11H,7-9H2,1-3H3. The third-order valence-corrected chi connectivity index (χ3v) is 4.95. The molecule has 1 aliphatic heterocycles. The summed E-state index contributed by atoms with van der Waals surface area (Å²) < 4.78 is 14.8. The Morgan fingerprint density at radius 3 is 2.62 bits per heavy atom. The zero-order chi connectivity index (χ0) is 17.1. The summed E-state index contributed by atoms with van der Waals surface area (Å²) >= 11 is 1.32. The molecule has 126 valence electrons. The van der Waals surface area contributed by atoms with Crippen LogP contribution < -0.4 is 9.47 Å². The number of rotatable bonds is 4. The zero-order valence-electron chi connectivity index (χ0n) is 14.0. The van der Waals surface area contributed by atoms with Gasteiger partial charge in [-0.25, -0.2) is 0 Å². The van der Waals surface area contributed by atoms with Crippen molar-refractivity contribution in [3.8, 4) is 11.5 Å². The van der Waals surface area contributed by atoms with Crippen LogP contribution in [0.4, 0.5) is 0 Å². The number of hydrogen-bond acceptors (Lipinski definition) is 5. The highest BCUT2D eigenvalue weighted by atomic mass is 32.1. The van der Waals surface area contributed by atoms with Crippen molar-refractivity contribution in [3.63, 3.8) is 0 Å². The molecule has 0 bridgehead atoms. The number of ether oxygens (including phenoxy) is 2. The minimum atomic E-state index is 0.0591. The number of aromatic nitrogens is 1. The predicted molar refractivity (Wildman–Crippen MR) is 94.9 cm³/mol. The van der Waals surface area contributed by atoms with Crippen molar-refractivity contribution in [2.45, 2.75) is 13.3 Å². The van der Waals surface area contributed by atoms with Gasteiger partial charge in [0, 0.05) is 18.5 Å². The van der Waals surface area contributed by atoms with Crippen molar-refractivity contribution >= 4 is 23.0 Å². The van der Waals surface area contributed by atoms with Crippen LogP contribution in [0.25, 0.3) is 5.57 Å². The normalized spacial score (nSPS) is 14.3. The Morgan fingerprint density at radius 1 is 1.25 bits per heavy atom. The van der Waals surface area contributed by atoms with Crippen LogP contribution in [0.15, 0.2) is 29.7 Å². The maximum absolute atomic E-state index is 12.5. The maximum Gasteiger partial charge on any atom is 0.256 e. The van der Waals surface area contributed by atoms with E-state index in [0.29, 0.717) is 18.7 Å². The molecule has 0 N–H and O–H groups in total. The number of nitrogens with zero attached hydrogens (tertiary/aromatic N) is 2. The van der Waals surface area contributed by atoms with Gasteiger partial charge in [0.1, 0.15) is 0 Å². The lowest BCUT2D eigenvalue weighted by molar-refractivity contribution is 0.0772. The van der Waals surface area contributed by atoms with Crippen LogP contribution in [-0.2, 0) is 0 Å². The molecule has 5 nitrogen and oxygen atoms in total. The molecule has 0 fully saturated rings. The molecule has 0 spiro atoms. The van der Waals surface area contributed by atoms with E-state index in [1.54, 1.807) is 14.2 Å². The van der Waals surface area contributed by atoms with Crippen molar-refractivity contribution in [2.24, 2.45) is 0 Å². The van der Waals surface area contributed by atoms with Gasteiger partial charge in [-0.2, -0.15) is 4.37 Å². The summed E-state index contributed by atoms with van der Waals surface area (Å²) in [7, 11) is 3.26. The summed E-state index contributed by atoms with van der Waals surface area (Å²) in [4.78, 5) is 14.4. The number of aryl methyl sites for hydroxylation is 1. The highest BCUT2D eigenvalue weighted by Gasteiger charge is 2.22. The summed E-state index contributed by atoms with van der Waals surface area (Å²) in [5.74, 6) is 1.49. The first-order valence-corrected chi connectivity index (χ1v) is 8.59. The van der Waals surface area contributed by atoms with Crippen molar-refractivity contribution in [1.82, 2.24) is 9.27 Å². The Kier molecular flexibility index (Phi) is 4.85. The fraction of sp³-hybridized carbons (Fsp3) is 0.333. The van der Waals surface area contributed by atoms with Gasteiger partial charge in [0.05, 0.1) is 25.5 Å². The van der Waals surface area contributed by atoms with E-state index in [2.05, 4.69) is 10.4 Å². The molecular weight excluding hydrogens is 324 g/mol. The van der Waals surface area contributed by atoms with Gasteiger partial charge in [-0.3, -0.25) is 4.79 Å². The lowest BCUT2D eigenvalue weighted by Gasteiger charge is -2.26. The Balaban J connectivity index is 1.76. The zero-order valence-corrected chi connectivity index (χ0v) is 14.9. The van der Waals surface area contributed by atoms with E-state index in [1.807, 2.05) is 35.4 Å². The monoisotopic (exact) mass is 344 g/mol. The first kappa shape index (κ1) is 16.5. The van der Waals surface area contributed by atoms with Gasteiger partial charge in [-0.05, 0) is 48.1 Å². The van der Waals surface area contributed by atoms with E-state index in [9.17, 15) is 4.79 Å². The number of hydrogen-bond donors (Lipinski definition) is 0. The predicted octanol–water partition coefficient (Wildman–Crippen LogP) is 3.40. The van der Waals surface area contributed by atoms with Crippen LogP contribution in [0.2, 0.25) is 0 Å². The Bertz CT molecular complexity index is 782. The summed E-state index contributed by atoms with van der Waals surface area (Å²) in [6, 6.07) is 5.92. The summed E-state index contributed by atoms with van der Waals surface area (Å²) in [5.41, 5.74) is 3.84. The van der Waals surface area contributed by atoms with Crippen LogP contribution in [0.1, 0.15) is 28.0 Å². The molecule has 6 heteroatoms. The third-order valence-electron chi connectivity index (χ3n) is 4.23. The highest BCUT2D eigenvalue weighted by Crippen LogP contribution is 2.32. The van der Waals surface area contributed by atoms with Crippen molar-refractivity contribution in [1.29, 1.82) is 0 Å². The van der Waals surface area contributed by atoms with E-state index in [4.69, 9.17) is 9.47 Å². The molecule has 2 aromatic rings. The SMILES string of the molecule is COc1ccc(C2=CCN(C(=O)c3csnc3C)CC2)cc1OC. The largest absolute Gasteiger partial charge is 0.493 e. The molecule has 2 heterocycles. The third kappa shape index (κ3) is 3.14. The lowest BCUT2D eigenvalue weighted by Crippen LogP contribution is -2.34. The maximum atomic E-state index is 12.5. The van der Waals surface area contributed by atoms with Gasteiger partial charge in [-0.15, -0.1) is 0 Å². The number of benzene rings is 1. The summed E-state index contributed by atoms with van der Waals surface area (Å²) in [6.07, 6.45) is 2.93. The Labute approximate surface area is 145 Å². The van der Waals surface area contributed by atoms with Crippen molar-refractivity contribution < 1.29 is 14.3 Å². The van der Waals surface area contributed by atoms with Crippen LogP contribution in [0.5, 0.6) is 11.5 Å². The molecule has 1 aromatic carbocycles. The number of methoxy groups -OCH3 is 2. The molecular formula is C18H20N2O3S. The molecule has 0 radical (unpaired) electrons. The fourth-order valence-electron chi connectivity index (χ4n) is 2.82. The van der Waals surface area contributed by atoms with Crippen molar-refractivity contribution in [3.05, 3.63) is 46.5 Å². The first-order valence-electron chi connectivity index (χ1n) is 7.75. The van der Waals surface area contributed by atoms with Gasteiger partial charge in [0.25, 0.3) is 5.91 Å². The second-order valence-corrected chi connectivity index (χ2v) is 6.24. The Morgan fingerprint density at radius 2 is 2.04 bits per heavy atom. The number of carbonyl (C=O) groups is 1. The lowest BCUT2D eigenvalue weighted by atomic mass is 9.98. The number of amides is 1. The van der Waals surface area contributed by atoms with E-state index in [0.717, 1.165) is 29.2 Å². The second kappa shape index (κ2) is 7.05. The molecule has 1 aliphatic rings. The van der Waals surface area contributed by atoms with Crippen LogP contribution in [0.3, 0.4) is 0 Å².